The summed E-state index contributed by atoms with van der Waals surface area (Å²) < 4.78 is 97.4. The highest BCUT2D eigenvalue weighted by atomic mass is 32.2. The molecule has 0 N–H and O–H groups in total. The number of halogens is 6. The molecule has 39 heavy (non-hydrogen) atoms. The number of hydrogen-bond donors (Lipinski definition) is 0. The molecule has 0 aromatic heterocycles. The van der Waals surface area contributed by atoms with Gasteiger partial charge in [-0.3, -0.25) is 9.11 Å². The van der Waals surface area contributed by atoms with E-state index in [0.29, 0.717) is 60.5 Å². The van der Waals surface area contributed by atoms with Crippen molar-refractivity contribution in [1.29, 1.82) is 0 Å². The highest BCUT2D eigenvalue weighted by molar-refractivity contribution is 7.97. The molecule has 1 saturated heterocycles. The van der Waals surface area contributed by atoms with Crippen LogP contribution < -0.4 is 9.64 Å². The molecule has 0 unspecified atom stereocenters. The average molecular weight is 598 g/mol. The second kappa shape index (κ2) is 13.6. The van der Waals surface area contributed by atoms with Gasteiger partial charge in [0.1, 0.15) is 18.2 Å². The van der Waals surface area contributed by atoms with Crippen molar-refractivity contribution in [1.82, 2.24) is 9.21 Å². The third-order valence-corrected chi connectivity index (χ3v) is 8.54. The summed E-state index contributed by atoms with van der Waals surface area (Å²) >= 11 is 1.36. The third-order valence-electron chi connectivity index (χ3n) is 6.24. The normalized spacial score (nSPS) is 17.7. The molecular formula is C26H33F6N3O2S2. The number of anilines is 2. The van der Waals surface area contributed by atoms with Gasteiger partial charge in [-0.1, -0.05) is 6.92 Å². The lowest BCUT2D eigenvalue weighted by Crippen LogP contribution is -2.39. The molecule has 0 aliphatic carbocycles. The smallest absolute Gasteiger partial charge is 0.420 e. The third kappa shape index (κ3) is 9.58. The molecule has 0 bridgehead atoms. The zero-order chi connectivity index (χ0) is 28.8. The molecule has 218 valence electrons. The number of hydrogen-bond acceptors (Lipinski definition) is 6. The first-order valence-electron chi connectivity index (χ1n) is 12.5. The maximum atomic E-state index is 14.0. The van der Waals surface area contributed by atoms with Crippen LogP contribution in [-0.4, -0.2) is 77.2 Å². The minimum atomic E-state index is -4.59. The van der Waals surface area contributed by atoms with E-state index in [1.807, 2.05) is 11.4 Å². The summed E-state index contributed by atoms with van der Waals surface area (Å²) in [5, 5.41) is 0. The first-order chi connectivity index (χ1) is 18.3. The lowest BCUT2D eigenvalue weighted by molar-refractivity contribution is -0.139. The van der Waals surface area contributed by atoms with Gasteiger partial charge in [0.15, 0.2) is 0 Å². The molecule has 13 heteroatoms. The maximum absolute atomic E-state index is 14.0. The standard InChI is InChI=1S/C22H25F4N3O2S2.C4H8F2/c1-27-6-7-29(17-4-2-16(23)3-5-17)19-14-18(22(24,25)26)20(15-21(19)32-27)31-11-8-28-9-12-33(30)13-10-28;1-3-4(2,5)6/h2-5,14-15H,6-13H2,1H3;3H2,1-2H3. The number of benzene rings is 2. The first kappa shape index (κ1) is 31.6. The van der Waals surface area contributed by atoms with Gasteiger partial charge in [0, 0.05) is 67.1 Å². The number of nitrogens with zero attached hydrogens (tertiary/aromatic N) is 3. The maximum Gasteiger partial charge on any atom is 0.420 e. The van der Waals surface area contributed by atoms with Crippen molar-refractivity contribution in [2.24, 2.45) is 0 Å². The van der Waals surface area contributed by atoms with Crippen LogP contribution in [0.5, 0.6) is 5.75 Å². The minimum absolute atomic E-state index is 0.0625. The average Bonchev–Trinajstić information content (AvgIpc) is 3.02. The lowest BCUT2D eigenvalue weighted by Gasteiger charge is -2.27. The van der Waals surface area contributed by atoms with Crippen LogP contribution in [-0.2, 0) is 17.0 Å². The molecule has 2 aromatic rings. The van der Waals surface area contributed by atoms with Gasteiger partial charge in [0.2, 0.25) is 5.92 Å². The second-order valence-corrected chi connectivity index (χ2v) is 12.3. The van der Waals surface area contributed by atoms with Crippen LogP contribution in [0.1, 0.15) is 25.8 Å². The molecule has 0 amide bonds. The second-order valence-electron chi connectivity index (χ2n) is 9.35. The van der Waals surface area contributed by atoms with Crippen molar-refractivity contribution in [3.63, 3.8) is 0 Å². The zero-order valence-corrected chi connectivity index (χ0v) is 23.7. The van der Waals surface area contributed by atoms with Gasteiger partial charge in [0.05, 0.1) is 16.1 Å². The number of fused-ring (bicyclic) bond motifs is 1. The number of likely N-dealkylation sites (N-methyl/N-ethyl adjacent to an activating group) is 1. The first-order valence-corrected chi connectivity index (χ1v) is 14.8. The summed E-state index contributed by atoms with van der Waals surface area (Å²) in [6.45, 7) is 5.31. The lowest BCUT2D eigenvalue weighted by atomic mass is 10.1. The Morgan fingerprint density at radius 2 is 1.62 bits per heavy atom. The summed E-state index contributed by atoms with van der Waals surface area (Å²) in [7, 11) is 1.07. The molecular weight excluding hydrogens is 564 g/mol. The van der Waals surface area contributed by atoms with E-state index in [-0.39, 0.29) is 18.8 Å². The summed E-state index contributed by atoms with van der Waals surface area (Å²) in [6, 6.07) is 8.32. The monoisotopic (exact) mass is 597 g/mol. The van der Waals surface area contributed by atoms with Crippen molar-refractivity contribution in [2.45, 2.75) is 37.3 Å². The molecule has 2 aromatic carbocycles. The van der Waals surface area contributed by atoms with Gasteiger partial charge in [-0.15, -0.1) is 0 Å². The van der Waals surface area contributed by atoms with Crippen molar-refractivity contribution in [3.05, 3.63) is 47.8 Å². The van der Waals surface area contributed by atoms with E-state index in [2.05, 4.69) is 4.90 Å². The van der Waals surface area contributed by atoms with Gasteiger partial charge in [-0.2, -0.15) is 13.2 Å². The minimum Gasteiger partial charge on any atom is -0.492 e. The van der Waals surface area contributed by atoms with E-state index in [1.54, 1.807) is 17.0 Å². The van der Waals surface area contributed by atoms with Crippen LogP contribution in [0.4, 0.5) is 37.7 Å². The van der Waals surface area contributed by atoms with Gasteiger partial charge in [-0.25, -0.2) is 17.5 Å². The molecule has 0 radical (unpaired) electrons. The Bertz CT molecular complexity index is 1100. The number of ether oxygens (including phenoxy) is 1. The molecule has 1 fully saturated rings. The molecule has 0 atom stereocenters. The van der Waals surface area contributed by atoms with Gasteiger partial charge >= 0.3 is 6.18 Å². The Kier molecular flexibility index (Phi) is 11.0. The number of rotatable bonds is 6. The van der Waals surface area contributed by atoms with Crippen molar-refractivity contribution in [3.8, 4) is 5.75 Å². The molecule has 4 rings (SSSR count). The molecule has 2 aliphatic heterocycles. The quantitative estimate of drug-likeness (QED) is 0.282. The molecule has 0 saturated carbocycles. The summed E-state index contributed by atoms with van der Waals surface area (Å²) in [4.78, 5) is 4.46. The highest BCUT2D eigenvalue weighted by Crippen LogP contribution is 2.46. The summed E-state index contributed by atoms with van der Waals surface area (Å²) in [5.41, 5.74) is 0.199. The molecule has 2 heterocycles. The van der Waals surface area contributed by atoms with Gasteiger partial charge in [0.25, 0.3) is 0 Å². The van der Waals surface area contributed by atoms with Crippen molar-refractivity contribution in [2.75, 3.05) is 62.8 Å². The fraction of sp³-hybridized carbons (Fsp3) is 0.538. The molecule has 2 aliphatic rings. The summed E-state index contributed by atoms with van der Waals surface area (Å²) in [5.74, 6) is -1.91. The Morgan fingerprint density at radius 3 is 2.18 bits per heavy atom. The highest BCUT2D eigenvalue weighted by Gasteiger charge is 2.37. The molecule has 0 spiro atoms. The zero-order valence-electron chi connectivity index (χ0n) is 22.1. The van der Waals surface area contributed by atoms with Gasteiger partial charge < -0.3 is 9.64 Å². The van der Waals surface area contributed by atoms with E-state index in [9.17, 15) is 30.6 Å². The van der Waals surface area contributed by atoms with E-state index >= 15 is 0 Å². The predicted octanol–water partition coefficient (Wildman–Crippen LogP) is 6.43. The Hall–Kier alpha value is -1.96. The Morgan fingerprint density at radius 1 is 1.00 bits per heavy atom. The fourth-order valence-corrected chi connectivity index (χ4v) is 5.88. The van der Waals surface area contributed by atoms with Crippen LogP contribution >= 0.6 is 11.9 Å². The van der Waals surface area contributed by atoms with E-state index in [1.165, 1.54) is 37.1 Å². The van der Waals surface area contributed by atoms with E-state index in [4.69, 9.17) is 4.74 Å². The van der Waals surface area contributed by atoms with Crippen LogP contribution in [0.3, 0.4) is 0 Å². The summed E-state index contributed by atoms with van der Waals surface area (Å²) in [6.07, 6.45) is -4.66. The van der Waals surface area contributed by atoms with Crippen molar-refractivity contribution >= 4 is 34.1 Å². The molecule has 5 nitrogen and oxygen atoms in total. The Labute approximate surface area is 232 Å². The van der Waals surface area contributed by atoms with Gasteiger partial charge in [-0.05, 0) is 62.3 Å². The SMILES string of the molecule is CCC(C)(F)F.CN1CCN(c2ccc(F)cc2)c2cc(C(F)(F)F)c(OCCN3CCS(=O)CC3)cc2S1. The van der Waals surface area contributed by atoms with Crippen LogP contribution in [0, 0.1) is 5.82 Å². The van der Waals surface area contributed by atoms with Crippen molar-refractivity contribution < 1.29 is 35.3 Å². The largest absolute Gasteiger partial charge is 0.492 e. The van der Waals surface area contributed by atoms with Crippen LogP contribution in [0.15, 0.2) is 41.3 Å². The Balaban J connectivity index is 0.000000631. The van der Waals surface area contributed by atoms with E-state index in [0.717, 1.165) is 13.0 Å². The van der Waals surface area contributed by atoms with E-state index < -0.39 is 34.3 Å². The van der Waals surface area contributed by atoms with Crippen LogP contribution in [0.25, 0.3) is 0 Å². The van der Waals surface area contributed by atoms with Crippen LogP contribution in [0.2, 0.25) is 0 Å². The fourth-order valence-electron chi connectivity index (χ4n) is 3.82. The topological polar surface area (TPSA) is 36.0 Å². The number of alkyl halides is 5. The predicted molar refractivity (Wildman–Crippen MR) is 144 cm³/mol.